The predicted molar refractivity (Wildman–Crippen MR) is 88.2 cm³/mol. The van der Waals surface area contributed by atoms with E-state index in [2.05, 4.69) is 28.5 Å². The van der Waals surface area contributed by atoms with E-state index in [9.17, 15) is 4.79 Å². The molecule has 1 aliphatic carbocycles. The van der Waals surface area contributed by atoms with Crippen LogP contribution in [0.25, 0.3) is 0 Å². The number of aromatic amines is 1. The first-order chi connectivity index (χ1) is 10.1. The van der Waals surface area contributed by atoms with Crippen molar-refractivity contribution in [2.75, 3.05) is 0 Å². The van der Waals surface area contributed by atoms with Gasteiger partial charge in [0.25, 0.3) is 0 Å². The number of hydrogen-bond acceptors (Lipinski definition) is 3. The van der Waals surface area contributed by atoms with Crippen LogP contribution in [0.3, 0.4) is 0 Å². The third-order valence-corrected chi connectivity index (χ3v) is 5.29. The average molecular weight is 318 g/mol. The lowest BCUT2D eigenvalue weighted by Crippen LogP contribution is -2.32. The standard InChI is InChI=1S/C16H18N2OS2/c1-10-14(21-16(20)17-10)9-15(19)18-13-8-4-6-11-5-2-3-7-12(11)13/h2-3,5,7,13H,4,6,8-9H2,1H3,(H,17,20)(H,18,19). The molecular formula is C16H18N2OS2. The van der Waals surface area contributed by atoms with E-state index in [0.717, 1.165) is 33.8 Å². The van der Waals surface area contributed by atoms with E-state index >= 15 is 0 Å². The molecule has 1 aromatic carbocycles. The lowest BCUT2D eigenvalue weighted by Gasteiger charge is -2.26. The highest BCUT2D eigenvalue weighted by Crippen LogP contribution is 2.29. The molecule has 0 fully saturated rings. The van der Waals surface area contributed by atoms with Gasteiger partial charge in [-0.2, -0.15) is 0 Å². The largest absolute Gasteiger partial charge is 0.349 e. The highest BCUT2D eigenvalue weighted by Gasteiger charge is 2.21. The number of carbonyl (C=O) groups is 1. The number of amides is 1. The van der Waals surface area contributed by atoms with Gasteiger partial charge in [0.15, 0.2) is 3.95 Å². The number of aryl methyl sites for hydroxylation is 2. The maximum absolute atomic E-state index is 12.3. The van der Waals surface area contributed by atoms with Crippen molar-refractivity contribution in [1.82, 2.24) is 10.3 Å². The van der Waals surface area contributed by atoms with Crippen LogP contribution < -0.4 is 5.32 Å². The van der Waals surface area contributed by atoms with Gasteiger partial charge in [-0.1, -0.05) is 24.3 Å². The second-order valence-electron chi connectivity index (χ2n) is 5.45. The zero-order chi connectivity index (χ0) is 14.8. The molecule has 1 heterocycles. The van der Waals surface area contributed by atoms with Crippen LogP contribution in [0.1, 0.15) is 40.6 Å². The van der Waals surface area contributed by atoms with Gasteiger partial charge in [-0.3, -0.25) is 4.79 Å². The van der Waals surface area contributed by atoms with E-state index in [-0.39, 0.29) is 11.9 Å². The summed E-state index contributed by atoms with van der Waals surface area (Å²) in [7, 11) is 0. The number of benzene rings is 1. The summed E-state index contributed by atoms with van der Waals surface area (Å²) in [6.07, 6.45) is 3.66. The predicted octanol–water partition coefficient (Wildman–Crippen LogP) is 3.85. The van der Waals surface area contributed by atoms with Crippen molar-refractivity contribution in [2.45, 2.75) is 38.6 Å². The molecule has 3 nitrogen and oxygen atoms in total. The number of H-pyrrole nitrogens is 1. The first kappa shape index (κ1) is 14.5. The fraction of sp³-hybridized carbons (Fsp3) is 0.375. The molecular weight excluding hydrogens is 300 g/mol. The van der Waals surface area contributed by atoms with Gasteiger partial charge in [0.2, 0.25) is 5.91 Å². The number of hydrogen-bond donors (Lipinski definition) is 2. The molecule has 2 N–H and O–H groups in total. The van der Waals surface area contributed by atoms with Crippen LogP contribution in [0.4, 0.5) is 0 Å². The minimum absolute atomic E-state index is 0.0741. The van der Waals surface area contributed by atoms with Crippen LogP contribution in [0.5, 0.6) is 0 Å². The quantitative estimate of drug-likeness (QED) is 0.844. The van der Waals surface area contributed by atoms with Gasteiger partial charge < -0.3 is 10.3 Å². The number of carbonyl (C=O) groups excluding carboxylic acids is 1. The molecule has 1 unspecified atom stereocenters. The highest BCUT2D eigenvalue weighted by atomic mass is 32.1. The second-order valence-corrected chi connectivity index (χ2v) is 7.22. The summed E-state index contributed by atoms with van der Waals surface area (Å²) < 4.78 is 0.735. The number of thiazole rings is 1. The van der Waals surface area contributed by atoms with E-state index in [1.165, 1.54) is 22.5 Å². The van der Waals surface area contributed by atoms with Crippen LogP contribution in [0, 0.1) is 10.9 Å². The van der Waals surface area contributed by atoms with Gasteiger partial charge >= 0.3 is 0 Å². The van der Waals surface area contributed by atoms with E-state index in [0.29, 0.717) is 6.42 Å². The molecule has 0 bridgehead atoms. The molecule has 0 radical (unpaired) electrons. The molecule has 5 heteroatoms. The van der Waals surface area contributed by atoms with E-state index < -0.39 is 0 Å². The minimum atomic E-state index is 0.0741. The van der Waals surface area contributed by atoms with Gasteiger partial charge in [-0.15, -0.1) is 11.3 Å². The Morgan fingerprint density at radius 3 is 3.05 bits per heavy atom. The third-order valence-electron chi connectivity index (χ3n) is 3.95. The minimum Gasteiger partial charge on any atom is -0.349 e. The maximum Gasteiger partial charge on any atom is 0.225 e. The van der Waals surface area contributed by atoms with Crippen LogP contribution in [0.15, 0.2) is 24.3 Å². The monoisotopic (exact) mass is 318 g/mol. The van der Waals surface area contributed by atoms with Crippen molar-refractivity contribution < 1.29 is 4.79 Å². The Balaban J connectivity index is 1.71. The van der Waals surface area contributed by atoms with E-state index in [4.69, 9.17) is 12.2 Å². The molecule has 1 aliphatic rings. The van der Waals surface area contributed by atoms with Crippen molar-refractivity contribution >= 4 is 29.5 Å². The van der Waals surface area contributed by atoms with Gasteiger partial charge in [-0.05, 0) is 49.5 Å². The zero-order valence-corrected chi connectivity index (χ0v) is 13.6. The first-order valence-corrected chi connectivity index (χ1v) is 8.41. The molecule has 2 aromatic rings. The van der Waals surface area contributed by atoms with Crippen LogP contribution in [-0.4, -0.2) is 10.9 Å². The van der Waals surface area contributed by atoms with Crippen molar-refractivity contribution in [3.8, 4) is 0 Å². The topological polar surface area (TPSA) is 44.9 Å². The first-order valence-electron chi connectivity index (χ1n) is 7.19. The zero-order valence-electron chi connectivity index (χ0n) is 11.9. The van der Waals surface area contributed by atoms with Gasteiger partial charge in [0.1, 0.15) is 0 Å². The molecule has 1 aromatic heterocycles. The molecule has 1 amide bonds. The van der Waals surface area contributed by atoms with Gasteiger partial charge in [-0.25, -0.2) is 0 Å². The fourth-order valence-electron chi connectivity index (χ4n) is 2.90. The Kier molecular flexibility index (Phi) is 4.22. The lowest BCUT2D eigenvalue weighted by atomic mass is 9.87. The van der Waals surface area contributed by atoms with Gasteiger partial charge in [0.05, 0.1) is 12.5 Å². The summed E-state index contributed by atoms with van der Waals surface area (Å²) in [5.41, 5.74) is 3.64. The molecule has 110 valence electrons. The van der Waals surface area contributed by atoms with E-state index in [1.807, 2.05) is 13.0 Å². The van der Waals surface area contributed by atoms with Gasteiger partial charge in [0, 0.05) is 10.6 Å². The molecule has 0 saturated heterocycles. The van der Waals surface area contributed by atoms with Crippen molar-refractivity contribution in [3.63, 3.8) is 0 Å². The molecule has 3 rings (SSSR count). The highest BCUT2D eigenvalue weighted by molar-refractivity contribution is 7.73. The molecule has 0 aliphatic heterocycles. The normalized spacial score (nSPS) is 17.3. The third kappa shape index (κ3) is 3.24. The van der Waals surface area contributed by atoms with Crippen LogP contribution in [0.2, 0.25) is 0 Å². The van der Waals surface area contributed by atoms with Crippen molar-refractivity contribution in [3.05, 3.63) is 49.9 Å². The fourth-order valence-corrected chi connectivity index (χ4v) is 4.19. The number of aromatic nitrogens is 1. The Hall–Kier alpha value is -1.46. The Morgan fingerprint density at radius 1 is 1.48 bits per heavy atom. The van der Waals surface area contributed by atoms with E-state index in [1.54, 1.807) is 0 Å². The summed E-state index contributed by atoms with van der Waals surface area (Å²) in [6, 6.07) is 8.56. The maximum atomic E-state index is 12.3. The summed E-state index contributed by atoms with van der Waals surface area (Å²) in [5, 5.41) is 3.18. The van der Waals surface area contributed by atoms with Crippen LogP contribution in [-0.2, 0) is 17.6 Å². The Bertz CT molecular complexity index is 717. The summed E-state index contributed by atoms with van der Waals surface area (Å²) >= 11 is 6.61. The number of rotatable bonds is 3. The Labute approximate surface area is 133 Å². The number of fused-ring (bicyclic) bond motifs is 1. The second kappa shape index (κ2) is 6.12. The average Bonchev–Trinajstić information content (AvgIpc) is 2.77. The van der Waals surface area contributed by atoms with Crippen molar-refractivity contribution in [1.29, 1.82) is 0 Å². The molecule has 0 saturated carbocycles. The SMILES string of the molecule is Cc1[nH]c(=S)sc1CC(=O)NC1CCCc2ccccc21. The summed E-state index contributed by atoms with van der Waals surface area (Å²) in [4.78, 5) is 16.4. The Morgan fingerprint density at radius 2 is 2.29 bits per heavy atom. The summed E-state index contributed by atoms with van der Waals surface area (Å²) in [6.45, 7) is 1.96. The molecule has 21 heavy (non-hydrogen) atoms. The van der Waals surface area contributed by atoms with Crippen molar-refractivity contribution in [2.24, 2.45) is 0 Å². The number of nitrogens with one attached hydrogen (secondary N) is 2. The van der Waals surface area contributed by atoms with Crippen LogP contribution >= 0.6 is 23.6 Å². The lowest BCUT2D eigenvalue weighted by molar-refractivity contribution is -0.121. The molecule has 1 atom stereocenters. The smallest absolute Gasteiger partial charge is 0.225 e. The summed E-state index contributed by atoms with van der Waals surface area (Å²) in [5.74, 6) is 0.0741. The molecule has 0 spiro atoms.